The Morgan fingerprint density at radius 3 is 2.67 bits per heavy atom. The van der Waals surface area contributed by atoms with Crippen LogP contribution in [-0.4, -0.2) is 37.9 Å². The number of rotatable bonds is 3. The molecule has 1 aliphatic rings. The Balaban J connectivity index is 2.91. The quantitative estimate of drug-likeness (QED) is 0.516. The topological polar surface area (TPSA) is 93.0 Å². The molecular formula is C8H9NO5S. The number of ketones is 1. The van der Waals surface area contributed by atoms with Crippen LogP contribution >= 0.6 is 0 Å². The largest absolute Gasteiger partial charge is 0.392 e. The van der Waals surface area contributed by atoms with E-state index in [0.29, 0.717) is 0 Å². The van der Waals surface area contributed by atoms with Gasteiger partial charge < -0.3 is 5.11 Å². The summed E-state index contributed by atoms with van der Waals surface area (Å²) in [5, 5.41) is 12.2. The first-order chi connectivity index (χ1) is 6.92. The highest BCUT2D eigenvalue weighted by Crippen LogP contribution is 2.07. The minimum atomic E-state index is -3.68. The van der Waals surface area contributed by atoms with Crippen molar-refractivity contribution >= 4 is 21.6 Å². The molecule has 1 N–H and O–H groups in total. The van der Waals surface area contributed by atoms with E-state index >= 15 is 0 Å². The van der Waals surface area contributed by atoms with Gasteiger partial charge in [0.25, 0.3) is 0 Å². The first-order valence-electron chi connectivity index (χ1n) is 3.93. The highest BCUT2D eigenvalue weighted by molar-refractivity contribution is 7.85. The molecule has 0 fully saturated rings. The summed E-state index contributed by atoms with van der Waals surface area (Å²) < 4.78 is 25.4. The molecule has 1 rings (SSSR count). The number of aliphatic hydroxyl groups is 1. The lowest BCUT2D eigenvalue weighted by atomic mass is 10.0. The summed E-state index contributed by atoms with van der Waals surface area (Å²) >= 11 is 0. The number of oxime groups is 1. The smallest absolute Gasteiger partial charge is 0.325 e. The van der Waals surface area contributed by atoms with E-state index in [4.69, 9.17) is 5.11 Å². The molecule has 0 aromatic heterocycles. The predicted molar refractivity (Wildman–Crippen MR) is 52.7 cm³/mol. The van der Waals surface area contributed by atoms with E-state index in [1.807, 2.05) is 0 Å². The lowest BCUT2D eigenvalue weighted by molar-refractivity contribution is -0.110. The molecule has 0 bridgehead atoms. The van der Waals surface area contributed by atoms with E-state index in [0.717, 1.165) is 12.3 Å². The van der Waals surface area contributed by atoms with Gasteiger partial charge in [0, 0.05) is 5.57 Å². The van der Waals surface area contributed by atoms with Gasteiger partial charge in [-0.1, -0.05) is 5.16 Å². The van der Waals surface area contributed by atoms with Crippen molar-refractivity contribution in [2.45, 2.75) is 0 Å². The second-order valence-corrected chi connectivity index (χ2v) is 4.38. The maximum Gasteiger partial charge on any atom is 0.325 e. The summed E-state index contributed by atoms with van der Waals surface area (Å²) in [6.07, 6.45) is 4.48. The third-order valence-electron chi connectivity index (χ3n) is 1.49. The number of hydrogen-bond donors (Lipinski definition) is 1. The first-order valence-corrected chi connectivity index (χ1v) is 5.74. The lowest BCUT2D eigenvalue weighted by Crippen LogP contribution is -2.12. The van der Waals surface area contributed by atoms with Crippen LogP contribution in [0.1, 0.15) is 0 Å². The molecule has 0 unspecified atom stereocenters. The Morgan fingerprint density at radius 1 is 1.47 bits per heavy atom. The zero-order valence-corrected chi connectivity index (χ0v) is 8.69. The summed E-state index contributed by atoms with van der Waals surface area (Å²) in [5.41, 5.74) is 0.327. The van der Waals surface area contributed by atoms with E-state index in [-0.39, 0.29) is 17.1 Å². The van der Waals surface area contributed by atoms with Crippen LogP contribution in [0.5, 0.6) is 0 Å². The fourth-order valence-electron chi connectivity index (χ4n) is 0.885. The molecule has 0 aromatic carbocycles. The monoisotopic (exact) mass is 231 g/mol. The molecule has 0 spiro atoms. The highest BCUT2D eigenvalue weighted by Gasteiger charge is 2.12. The zero-order valence-electron chi connectivity index (χ0n) is 7.87. The van der Waals surface area contributed by atoms with Crippen LogP contribution in [0.15, 0.2) is 29.0 Å². The van der Waals surface area contributed by atoms with Crippen molar-refractivity contribution in [1.29, 1.82) is 0 Å². The molecule has 0 saturated carbocycles. The van der Waals surface area contributed by atoms with E-state index in [2.05, 4.69) is 9.44 Å². The van der Waals surface area contributed by atoms with Crippen molar-refractivity contribution < 1.29 is 22.6 Å². The minimum absolute atomic E-state index is 0.113. The Morgan fingerprint density at radius 2 is 2.13 bits per heavy atom. The number of carbonyl (C=O) groups is 1. The number of allylic oxidation sites excluding steroid dienone is 3. The maximum atomic E-state index is 10.9. The van der Waals surface area contributed by atoms with Gasteiger partial charge in [0.15, 0.2) is 5.78 Å². The summed E-state index contributed by atoms with van der Waals surface area (Å²) in [6.45, 7) is -0.415. The second-order valence-electron chi connectivity index (χ2n) is 2.82. The summed E-state index contributed by atoms with van der Waals surface area (Å²) in [4.78, 5) is 10.9. The summed E-state index contributed by atoms with van der Waals surface area (Å²) in [7, 11) is -3.68. The van der Waals surface area contributed by atoms with Crippen molar-refractivity contribution in [1.82, 2.24) is 0 Å². The number of nitrogens with zero attached hydrogens (tertiary/aromatic N) is 1. The number of aliphatic hydroxyl groups excluding tert-OH is 1. The van der Waals surface area contributed by atoms with Crippen molar-refractivity contribution in [3.8, 4) is 0 Å². The molecule has 0 amide bonds. The molecular weight excluding hydrogens is 222 g/mol. The fraction of sp³-hybridized carbons (Fsp3) is 0.250. The minimum Gasteiger partial charge on any atom is -0.392 e. The Hall–Kier alpha value is -1.47. The van der Waals surface area contributed by atoms with Crippen molar-refractivity contribution in [3.63, 3.8) is 0 Å². The molecule has 0 aromatic rings. The van der Waals surface area contributed by atoms with Crippen LogP contribution in [0, 0.1) is 0 Å². The van der Waals surface area contributed by atoms with E-state index in [9.17, 15) is 13.2 Å². The highest BCUT2D eigenvalue weighted by atomic mass is 32.2. The van der Waals surface area contributed by atoms with E-state index in [1.54, 1.807) is 0 Å². The van der Waals surface area contributed by atoms with Crippen LogP contribution < -0.4 is 0 Å². The van der Waals surface area contributed by atoms with Crippen LogP contribution in [0.3, 0.4) is 0 Å². The van der Waals surface area contributed by atoms with Crippen molar-refractivity contribution in [2.75, 3.05) is 12.9 Å². The summed E-state index contributed by atoms with van der Waals surface area (Å²) in [5.74, 6) is -0.294. The van der Waals surface area contributed by atoms with Crippen molar-refractivity contribution in [3.05, 3.63) is 23.8 Å². The molecule has 7 heteroatoms. The normalized spacial score (nSPS) is 19.2. The maximum absolute atomic E-state index is 10.9. The van der Waals surface area contributed by atoms with Gasteiger partial charge in [-0.15, -0.1) is 0 Å². The molecule has 0 radical (unpaired) electrons. The number of hydrogen-bond acceptors (Lipinski definition) is 6. The van der Waals surface area contributed by atoms with Crippen LogP contribution in [0.25, 0.3) is 0 Å². The third kappa shape index (κ3) is 3.64. The Labute approximate surface area is 86.7 Å². The summed E-state index contributed by atoms with van der Waals surface area (Å²) in [6, 6.07) is 0. The molecule has 0 aliphatic heterocycles. The standard InChI is InChI=1S/C8H9NO5S/c1-15(12,13)14-9-8-3-2-7(11)4-6(8)5-10/h2-4,10H,5H2,1H3. The molecule has 15 heavy (non-hydrogen) atoms. The molecule has 82 valence electrons. The van der Waals surface area contributed by atoms with Crippen molar-refractivity contribution in [2.24, 2.45) is 5.16 Å². The van der Waals surface area contributed by atoms with Gasteiger partial charge in [0.05, 0.1) is 12.9 Å². The zero-order chi connectivity index (χ0) is 11.5. The first kappa shape index (κ1) is 11.6. The van der Waals surface area contributed by atoms with Crippen LogP contribution in [-0.2, 0) is 19.2 Å². The van der Waals surface area contributed by atoms with Gasteiger partial charge in [-0.3, -0.25) is 9.08 Å². The van der Waals surface area contributed by atoms with E-state index < -0.39 is 16.7 Å². The molecule has 0 atom stereocenters. The average molecular weight is 231 g/mol. The molecule has 6 nitrogen and oxygen atoms in total. The second kappa shape index (κ2) is 4.37. The van der Waals surface area contributed by atoms with Crippen LogP contribution in [0.4, 0.5) is 0 Å². The average Bonchev–Trinajstić information content (AvgIpc) is 2.14. The van der Waals surface area contributed by atoms with Gasteiger partial charge in [0.1, 0.15) is 5.71 Å². The number of carbonyl (C=O) groups excluding carboxylic acids is 1. The van der Waals surface area contributed by atoms with Gasteiger partial charge in [-0.25, -0.2) is 0 Å². The van der Waals surface area contributed by atoms with Crippen LogP contribution in [0.2, 0.25) is 0 Å². The van der Waals surface area contributed by atoms with Gasteiger partial charge in [-0.2, -0.15) is 8.42 Å². The van der Waals surface area contributed by atoms with Gasteiger partial charge in [0.2, 0.25) is 0 Å². The Kier molecular flexibility index (Phi) is 3.38. The predicted octanol–water partition coefficient (Wildman–Crippen LogP) is -0.624. The molecule has 0 heterocycles. The molecule has 1 aliphatic carbocycles. The molecule has 0 saturated heterocycles. The van der Waals surface area contributed by atoms with Gasteiger partial charge in [-0.05, 0) is 18.2 Å². The lowest BCUT2D eigenvalue weighted by Gasteiger charge is -2.06. The van der Waals surface area contributed by atoms with E-state index in [1.165, 1.54) is 12.2 Å². The van der Waals surface area contributed by atoms with Gasteiger partial charge >= 0.3 is 10.1 Å². The SMILES string of the molecule is CS(=O)(=O)ON=C1C=CC(=O)C=C1CO. The fourth-order valence-corrected chi connectivity index (χ4v) is 1.10. The Bertz CT molecular complexity index is 457. The third-order valence-corrected chi connectivity index (χ3v) is 1.84.